The van der Waals surface area contributed by atoms with Crippen LogP contribution in [0, 0.1) is 0 Å². The van der Waals surface area contributed by atoms with E-state index in [9.17, 15) is 0 Å². The van der Waals surface area contributed by atoms with Gasteiger partial charge in [-0.05, 0) is 103 Å². The van der Waals surface area contributed by atoms with Crippen molar-refractivity contribution in [1.29, 1.82) is 0 Å². The molecule has 0 atom stereocenters. The highest BCUT2D eigenvalue weighted by molar-refractivity contribution is 7.25. The largest absolute Gasteiger partial charge is 0.310 e. The summed E-state index contributed by atoms with van der Waals surface area (Å²) in [5.41, 5.74) is 13.5. The molecule has 0 radical (unpaired) electrons. The number of anilines is 3. The van der Waals surface area contributed by atoms with Crippen molar-refractivity contribution in [3.63, 3.8) is 0 Å². The van der Waals surface area contributed by atoms with Crippen LogP contribution in [0.1, 0.15) is 25.0 Å². The summed E-state index contributed by atoms with van der Waals surface area (Å²) in [6.07, 6.45) is 0. The van der Waals surface area contributed by atoms with E-state index in [0.717, 1.165) is 17.1 Å². The molecule has 10 aromatic rings. The highest BCUT2D eigenvalue weighted by atomic mass is 32.1. The fourth-order valence-corrected chi connectivity index (χ4v) is 10.3. The van der Waals surface area contributed by atoms with E-state index in [-0.39, 0.29) is 5.41 Å². The lowest BCUT2D eigenvalue weighted by Gasteiger charge is -2.30. The van der Waals surface area contributed by atoms with E-state index in [1.165, 1.54) is 86.2 Å². The van der Waals surface area contributed by atoms with Crippen molar-refractivity contribution in [2.45, 2.75) is 19.3 Å². The molecule has 11 rings (SSSR count). The standard InChI is InChI=1S/C53H37NS/c1-53(2)48-22-12-10-20-43(48)44-28-25-37(32-49(44)53)54(38-26-29-46-45-21-11-13-23-51(45)55-52(46)33-38)50-31-36(24-27-40(50)34-14-4-3-5-15-34)47-30-35-16-6-7-17-39(35)41-18-8-9-19-42(41)47/h3-33H,1-2H3. The Morgan fingerprint density at radius 3 is 1.89 bits per heavy atom. The van der Waals surface area contributed by atoms with Crippen LogP contribution in [0.3, 0.4) is 0 Å². The zero-order valence-corrected chi connectivity index (χ0v) is 31.6. The molecule has 9 aromatic carbocycles. The van der Waals surface area contributed by atoms with Crippen molar-refractivity contribution < 1.29 is 0 Å². The molecule has 0 N–H and O–H groups in total. The molecule has 260 valence electrons. The fraction of sp³-hybridized carbons (Fsp3) is 0.0566. The number of nitrogens with zero attached hydrogens (tertiary/aromatic N) is 1. The van der Waals surface area contributed by atoms with Gasteiger partial charge in [0.15, 0.2) is 0 Å². The summed E-state index contributed by atoms with van der Waals surface area (Å²) in [6.45, 7) is 4.74. The minimum absolute atomic E-state index is 0.128. The molecule has 1 aliphatic carbocycles. The van der Waals surface area contributed by atoms with Crippen LogP contribution in [0.25, 0.3) is 75.1 Å². The predicted octanol–water partition coefficient (Wildman–Crippen LogP) is 15.5. The Kier molecular flexibility index (Phi) is 7.14. The maximum absolute atomic E-state index is 2.51. The second-order valence-corrected chi connectivity index (χ2v) is 16.4. The number of rotatable bonds is 5. The Labute approximate surface area is 325 Å². The van der Waals surface area contributed by atoms with Crippen molar-refractivity contribution in [2.24, 2.45) is 0 Å². The van der Waals surface area contributed by atoms with Gasteiger partial charge in [0.2, 0.25) is 0 Å². The van der Waals surface area contributed by atoms with Gasteiger partial charge in [-0.1, -0.05) is 159 Å². The summed E-state index contributed by atoms with van der Waals surface area (Å²) in [4.78, 5) is 2.51. The van der Waals surface area contributed by atoms with Crippen molar-refractivity contribution >= 4 is 70.1 Å². The second kappa shape index (κ2) is 12.3. The van der Waals surface area contributed by atoms with Crippen LogP contribution in [-0.4, -0.2) is 0 Å². The van der Waals surface area contributed by atoms with E-state index >= 15 is 0 Å². The highest BCUT2D eigenvalue weighted by Crippen LogP contribution is 2.52. The molecule has 0 saturated carbocycles. The molecular formula is C53H37NS. The van der Waals surface area contributed by atoms with Crippen LogP contribution < -0.4 is 4.90 Å². The third-order valence-electron chi connectivity index (χ3n) is 11.8. The van der Waals surface area contributed by atoms with E-state index < -0.39 is 0 Å². The number of benzene rings is 9. The Morgan fingerprint density at radius 2 is 1.02 bits per heavy atom. The molecule has 0 bridgehead atoms. The first-order chi connectivity index (χ1) is 27.0. The lowest BCUT2D eigenvalue weighted by molar-refractivity contribution is 0.660. The molecule has 0 amide bonds. The predicted molar refractivity (Wildman–Crippen MR) is 237 cm³/mol. The summed E-state index contributed by atoms with van der Waals surface area (Å²) in [6, 6.07) is 69.8. The van der Waals surface area contributed by atoms with Crippen LogP contribution in [0.15, 0.2) is 188 Å². The second-order valence-electron chi connectivity index (χ2n) is 15.3. The molecule has 1 aromatic heterocycles. The van der Waals surface area contributed by atoms with Gasteiger partial charge in [-0.2, -0.15) is 0 Å². The van der Waals surface area contributed by atoms with E-state index in [4.69, 9.17) is 0 Å². The Bertz CT molecular complexity index is 3130. The molecule has 0 fully saturated rings. The summed E-state index contributed by atoms with van der Waals surface area (Å²) in [5, 5.41) is 7.68. The minimum Gasteiger partial charge on any atom is -0.310 e. The molecule has 0 unspecified atom stereocenters. The van der Waals surface area contributed by atoms with Gasteiger partial charge in [0.25, 0.3) is 0 Å². The number of hydrogen-bond acceptors (Lipinski definition) is 2. The fourth-order valence-electron chi connectivity index (χ4n) is 9.15. The summed E-state index contributed by atoms with van der Waals surface area (Å²) < 4.78 is 2.60. The minimum atomic E-state index is -0.128. The van der Waals surface area contributed by atoms with Crippen molar-refractivity contribution in [3.05, 3.63) is 199 Å². The van der Waals surface area contributed by atoms with Crippen LogP contribution in [0.4, 0.5) is 17.1 Å². The van der Waals surface area contributed by atoms with Gasteiger partial charge in [0.05, 0.1) is 5.69 Å². The summed E-state index contributed by atoms with van der Waals surface area (Å²) in [7, 11) is 0. The molecule has 0 spiro atoms. The van der Waals surface area contributed by atoms with Gasteiger partial charge in [-0.15, -0.1) is 11.3 Å². The maximum atomic E-state index is 2.51. The van der Waals surface area contributed by atoms with Gasteiger partial charge in [0, 0.05) is 42.5 Å². The van der Waals surface area contributed by atoms with Crippen molar-refractivity contribution in [1.82, 2.24) is 0 Å². The Balaban J connectivity index is 1.20. The average Bonchev–Trinajstić information content (AvgIpc) is 3.72. The smallest absolute Gasteiger partial charge is 0.0546 e. The van der Waals surface area contributed by atoms with Gasteiger partial charge in [-0.3, -0.25) is 0 Å². The number of thiophene rings is 1. The molecular weight excluding hydrogens is 683 g/mol. The van der Waals surface area contributed by atoms with E-state index in [2.05, 4.69) is 207 Å². The Hall–Kier alpha value is -6.48. The Morgan fingerprint density at radius 1 is 0.382 bits per heavy atom. The highest BCUT2D eigenvalue weighted by Gasteiger charge is 2.36. The van der Waals surface area contributed by atoms with Crippen molar-refractivity contribution in [3.8, 4) is 33.4 Å². The molecule has 1 nitrogen and oxygen atoms in total. The first-order valence-electron chi connectivity index (χ1n) is 19.1. The summed E-state index contributed by atoms with van der Waals surface area (Å²) >= 11 is 1.87. The zero-order chi connectivity index (χ0) is 36.7. The van der Waals surface area contributed by atoms with Gasteiger partial charge in [-0.25, -0.2) is 0 Å². The zero-order valence-electron chi connectivity index (χ0n) is 30.8. The topological polar surface area (TPSA) is 3.24 Å². The lowest BCUT2D eigenvalue weighted by Crippen LogP contribution is -2.17. The van der Waals surface area contributed by atoms with Crippen LogP contribution in [0.2, 0.25) is 0 Å². The molecule has 55 heavy (non-hydrogen) atoms. The van der Waals surface area contributed by atoms with E-state index in [1.807, 2.05) is 11.3 Å². The van der Waals surface area contributed by atoms with Crippen LogP contribution in [0.5, 0.6) is 0 Å². The van der Waals surface area contributed by atoms with Gasteiger partial charge >= 0.3 is 0 Å². The first kappa shape index (κ1) is 32.0. The first-order valence-corrected chi connectivity index (χ1v) is 19.9. The summed E-state index contributed by atoms with van der Waals surface area (Å²) in [5.74, 6) is 0. The quantitative estimate of drug-likeness (QED) is 0.160. The lowest BCUT2D eigenvalue weighted by atomic mass is 9.82. The van der Waals surface area contributed by atoms with Crippen molar-refractivity contribution in [2.75, 3.05) is 4.90 Å². The van der Waals surface area contributed by atoms with Gasteiger partial charge < -0.3 is 4.90 Å². The van der Waals surface area contributed by atoms with Gasteiger partial charge in [0.1, 0.15) is 0 Å². The van der Waals surface area contributed by atoms with E-state index in [0.29, 0.717) is 0 Å². The third kappa shape index (κ3) is 4.99. The molecule has 1 aliphatic rings. The molecule has 0 saturated heterocycles. The molecule has 1 heterocycles. The van der Waals surface area contributed by atoms with Crippen LogP contribution in [-0.2, 0) is 5.41 Å². The number of hydrogen-bond donors (Lipinski definition) is 0. The third-order valence-corrected chi connectivity index (χ3v) is 13.0. The van der Waals surface area contributed by atoms with Crippen LogP contribution >= 0.6 is 11.3 Å². The molecule has 0 aliphatic heterocycles. The number of fused-ring (bicyclic) bond motifs is 9. The van der Waals surface area contributed by atoms with E-state index in [1.54, 1.807) is 0 Å². The maximum Gasteiger partial charge on any atom is 0.0546 e. The average molecular weight is 720 g/mol. The SMILES string of the molecule is CC1(C)c2ccccc2-c2ccc(N(c3ccc4c(c3)sc3ccccc34)c3cc(-c4cc5ccccc5c5ccccc45)ccc3-c3ccccc3)cc21. The monoisotopic (exact) mass is 719 g/mol. The molecule has 2 heteroatoms. The normalized spacial score (nSPS) is 13.1.